The Bertz CT molecular complexity index is 1390. The van der Waals surface area contributed by atoms with Gasteiger partial charge in [0.2, 0.25) is 0 Å². The number of allylic oxidation sites excluding steroid dienone is 1. The van der Waals surface area contributed by atoms with Crippen LogP contribution in [0.2, 0.25) is 0 Å². The van der Waals surface area contributed by atoms with Crippen LogP contribution in [0, 0.1) is 0 Å². The molecule has 0 spiro atoms. The first-order valence-electron chi connectivity index (χ1n) is 10.2. The Morgan fingerprint density at radius 3 is 2.78 bits per heavy atom. The Hall–Kier alpha value is -3.65. The summed E-state index contributed by atoms with van der Waals surface area (Å²) in [5.74, 6) is -0.181. The molecule has 0 bridgehead atoms. The molecule has 2 heterocycles. The lowest BCUT2D eigenvalue weighted by molar-refractivity contribution is 0.0526. The van der Waals surface area contributed by atoms with E-state index in [0.717, 1.165) is 15.6 Å². The number of hydrogen-bond donors (Lipinski definition) is 0. The molecule has 0 N–H and O–H groups in total. The Balaban J connectivity index is 1.78. The molecule has 7 nitrogen and oxygen atoms in total. The number of thiazole rings is 1. The van der Waals surface area contributed by atoms with E-state index in [1.807, 2.05) is 29.7 Å². The highest BCUT2D eigenvalue weighted by Crippen LogP contribution is 2.29. The number of fused-ring (bicyclic) bond motifs is 2. The summed E-state index contributed by atoms with van der Waals surface area (Å²) in [4.78, 5) is 29.8. The number of aromatic nitrogens is 1. The van der Waals surface area contributed by atoms with Crippen LogP contribution in [0.25, 0.3) is 21.2 Å². The van der Waals surface area contributed by atoms with Crippen molar-refractivity contribution in [2.24, 2.45) is 4.99 Å². The van der Waals surface area contributed by atoms with Gasteiger partial charge in [-0.1, -0.05) is 29.5 Å². The third-order valence-electron chi connectivity index (χ3n) is 4.72. The molecule has 0 fully saturated rings. The van der Waals surface area contributed by atoms with Gasteiger partial charge in [-0.2, -0.15) is 4.99 Å². The lowest BCUT2D eigenvalue weighted by Gasteiger charge is -2.03. The van der Waals surface area contributed by atoms with Gasteiger partial charge in [0.15, 0.2) is 21.9 Å². The molecular weight excluding hydrogens is 428 g/mol. The van der Waals surface area contributed by atoms with E-state index in [-0.39, 0.29) is 11.7 Å². The molecule has 1 amide bonds. The summed E-state index contributed by atoms with van der Waals surface area (Å²) in [6, 6.07) is 12.4. The maximum absolute atomic E-state index is 12.9. The first-order valence-corrected chi connectivity index (χ1v) is 11.0. The van der Waals surface area contributed by atoms with E-state index in [1.54, 1.807) is 37.3 Å². The van der Waals surface area contributed by atoms with E-state index in [1.165, 1.54) is 11.3 Å². The molecule has 0 aliphatic heterocycles. The van der Waals surface area contributed by atoms with Crippen molar-refractivity contribution in [2.75, 3.05) is 13.2 Å². The molecular formula is C24H22N2O5S. The van der Waals surface area contributed by atoms with Crippen LogP contribution in [0.15, 0.2) is 64.5 Å². The predicted octanol–water partition coefficient (Wildman–Crippen LogP) is 4.95. The molecule has 164 valence electrons. The molecule has 4 aromatic rings. The number of hydrogen-bond acceptors (Lipinski definition) is 6. The fourth-order valence-electron chi connectivity index (χ4n) is 3.36. The van der Waals surface area contributed by atoms with E-state index in [4.69, 9.17) is 13.9 Å². The molecule has 2 aromatic carbocycles. The smallest absolute Gasteiger partial charge is 0.338 e. The third kappa shape index (κ3) is 4.09. The maximum Gasteiger partial charge on any atom is 0.338 e. The minimum atomic E-state index is -0.501. The first-order chi connectivity index (χ1) is 15.5. The second kappa shape index (κ2) is 9.23. The molecule has 0 aliphatic carbocycles. The lowest BCUT2D eigenvalue weighted by Crippen LogP contribution is -2.16. The van der Waals surface area contributed by atoms with E-state index in [0.29, 0.717) is 41.5 Å². The van der Waals surface area contributed by atoms with E-state index in [9.17, 15) is 9.59 Å². The van der Waals surface area contributed by atoms with Crippen molar-refractivity contribution in [1.29, 1.82) is 0 Å². The molecule has 2 aromatic heterocycles. The van der Waals surface area contributed by atoms with Gasteiger partial charge in [-0.05, 0) is 44.2 Å². The quantitative estimate of drug-likeness (QED) is 0.294. The van der Waals surface area contributed by atoms with Crippen molar-refractivity contribution in [3.8, 4) is 5.75 Å². The molecule has 0 unspecified atom stereocenters. The van der Waals surface area contributed by atoms with Crippen LogP contribution in [-0.4, -0.2) is 29.7 Å². The molecule has 8 heteroatoms. The average Bonchev–Trinajstić information content (AvgIpc) is 3.36. The molecule has 0 aliphatic rings. The van der Waals surface area contributed by atoms with Crippen LogP contribution in [0.5, 0.6) is 5.75 Å². The SMILES string of the molecule is C=CCn1c(=NC(=O)c2cc3cccc(OCC)c3o2)sc2cc(C(=O)OCC)ccc21. The Morgan fingerprint density at radius 2 is 2.03 bits per heavy atom. The second-order valence-corrected chi connectivity index (χ2v) is 7.83. The number of benzene rings is 2. The number of nitrogens with zero attached hydrogens (tertiary/aromatic N) is 2. The Kier molecular flexibility index (Phi) is 6.23. The van der Waals surface area contributed by atoms with Gasteiger partial charge in [0.25, 0.3) is 0 Å². The van der Waals surface area contributed by atoms with Gasteiger partial charge in [-0.3, -0.25) is 4.79 Å². The van der Waals surface area contributed by atoms with E-state index < -0.39 is 5.91 Å². The fraction of sp³-hybridized carbons (Fsp3) is 0.208. The summed E-state index contributed by atoms with van der Waals surface area (Å²) >= 11 is 1.31. The zero-order valence-electron chi connectivity index (χ0n) is 17.8. The molecule has 0 saturated carbocycles. The summed E-state index contributed by atoms with van der Waals surface area (Å²) in [5.41, 5.74) is 1.81. The highest BCUT2D eigenvalue weighted by Gasteiger charge is 2.16. The zero-order chi connectivity index (χ0) is 22.7. The number of carbonyl (C=O) groups is 2. The number of para-hydroxylation sites is 1. The van der Waals surface area contributed by atoms with Crippen molar-refractivity contribution in [2.45, 2.75) is 20.4 Å². The summed E-state index contributed by atoms with van der Waals surface area (Å²) < 4.78 is 19.1. The summed E-state index contributed by atoms with van der Waals surface area (Å²) in [6.07, 6.45) is 1.73. The predicted molar refractivity (Wildman–Crippen MR) is 123 cm³/mol. The highest BCUT2D eigenvalue weighted by molar-refractivity contribution is 7.16. The first kappa shape index (κ1) is 21.6. The van der Waals surface area contributed by atoms with Gasteiger partial charge in [0.05, 0.1) is 29.0 Å². The zero-order valence-corrected chi connectivity index (χ0v) is 18.6. The topological polar surface area (TPSA) is 83.0 Å². The van der Waals surface area contributed by atoms with Gasteiger partial charge in [-0.15, -0.1) is 6.58 Å². The van der Waals surface area contributed by atoms with Gasteiger partial charge in [0.1, 0.15) is 0 Å². The highest BCUT2D eigenvalue weighted by atomic mass is 32.1. The third-order valence-corrected chi connectivity index (χ3v) is 5.76. The van der Waals surface area contributed by atoms with Gasteiger partial charge < -0.3 is 18.5 Å². The van der Waals surface area contributed by atoms with Crippen LogP contribution < -0.4 is 9.54 Å². The molecule has 0 saturated heterocycles. The second-order valence-electron chi connectivity index (χ2n) is 6.82. The Labute approximate surface area is 188 Å². The minimum absolute atomic E-state index is 0.127. The number of rotatable bonds is 7. The Morgan fingerprint density at radius 1 is 1.19 bits per heavy atom. The monoisotopic (exact) mass is 450 g/mol. The summed E-state index contributed by atoms with van der Waals surface area (Å²) in [5, 5.41) is 0.767. The van der Waals surface area contributed by atoms with Crippen molar-refractivity contribution in [1.82, 2.24) is 4.57 Å². The van der Waals surface area contributed by atoms with Gasteiger partial charge in [0, 0.05) is 11.9 Å². The van der Waals surface area contributed by atoms with Crippen molar-refractivity contribution < 1.29 is 23.5 Å². The van der Waals surface area contributed by atoms with Gasteiger partial charge >= 0.3 is 11.9 Å². The van der Waals surface area contributed by atoms with Crippen molar-refractivity contribution in [3.05, 3.63) is 71.2 Å². The van der Waals surface area contributed by atoms with Crippen LogP contribution >= 0.6 is 11.3 Å². The van der Waals surface area contributed by atoms with E-state index in [2.05, 4.69) is 11.6 Å². The minimum Gasteiger partial charge on any atom is -0.490 e. The van der Waals surface area contributed by atoms with Gasteiger partial charge in [-0.25, -0.2) is 4.79 Å². The number of furan rings is 1. The van der Waals surface area contributed by atoms with Crippen LogP contribution in [-0.2, 0) is 11.3 Å². The molecule has 0 radical (unpaired) electrons. The summed E-state index contributed by atoms with van der Waals surface area (Å²) in [7, 11) is 0. The normalized spacial score (nSPS) is 11.8. The lowest BCUT2D eigenvalue weighted by atomic mass is 10.2. The molecule has 4 rings (SSSR count). The fourth-order valence-corrected chi connectivity index (χ4v) is 4.44. The number of amides is 1. The maximum atomic E-state index is 12.9. The standard InChI is InChI=1S/C24H22N2O5S/c1-4-12-26-17-11-10-16(23(28)30-6-3)14-20(17)32-24(26)25-22(27)19-13-15-8-7-9-18(29-5-2)21(15)31-19/h4,7-11,13-14H,1,5-6,12H2,2-3H3. The average molecular weight is 451 g/mol. The molecule has 0 atom stereocenters. The van der Waals surface area contributed by atoms with Crippen LogP contribution in [0.1, 0.15) is 34.8 Å². The van der Waals surface area contributed by atoms with Crippen LogP contribution in [0.4, 0.5) is 0 Å². The van der Waals surface area contributed by atoms with Crippen LogP contribution in [0.3, 0.4) is 0 Å². The largest absolute Gasteiger partial charge is 0.490 e. The number of ether oxygens (including phenoxy) is 2. The van der Waals surface area contributed by atoms with E-state index >= 15 is 0 Å². The summed E-state index contributed by atoms with van der Waals surface area (Å²) in [6.45, 7) is 8.69. The van der Waals surface area contributed by atoms with Crippen molar-refractivity contribution in [3.63, 3.8) is 0 Å². The number of carbonyl (C=O) groups excluding carboxylic acids is 2. The molecule has 32 heavy (non-hydrogen) atoms. The van der Waals surface area contributed by atoms with Crippen molar-refractivity contribution >= 4 is 44.4 Å². The number of esters is 1.